The molecule has 0 unspecified atom stereocenters. The lowest BCUT2D eigenvalue weighted by Gasteiger charge is -2.06. The summed E-state index contributed by atoms with van der Waals surface area (Å²) in [4.78, 5) is 14.4. The minimum atomic E-state index is -2.90. The van der Waals surface area contributed by atoms with E-state index in [0.29, 0.717) is 0 Å². The van der Waals surface area contributed by atoms with Gasteiger partial charge in [0.1, 0.15) is 0 Å². The molecule has 0 N–H and O–H groups in total. The molecule has 0 radical (unpaired) electrons. The highest BCUT2D eigenvalue weighted by atomic mass is 79.9. The Kier molecular flexibility index (Phi) is 4.28. The zero-order valence-electron chi connectivity index (χ0n) is 8.14. The maximum Gasteiger partial charge on any atom is 0.357 e. The summed E-state index contributed by atoms with van der Waals surface area (Å²) < 4.78 is 42.1. The van der Waals surface area contributed by atoms with Crippen molar-refractivity contribution in [2.45, 2.75) is 13.3 Å². The van der Waals surface area contributed by atoms with Gasteiger partial charge in [0.2, 0.25) is 5.95 Å². The fourth-order valence-electron chi connectivity index (χ4n) is 0.985. The van der Waals surface area contributed by atoms with Crippen LogP contribution in [0.25, 0.3) is 0 Å². The molecule has 1 heterocycles. The standard InChI is InChI=1S/C9H7BrF3NO2/c1-2-16-9(15)5-3-4(7(11)12)6(10)8(13)14-5/h3,7H,2H2,1H3. The molecule has 1 aromatic heterocycles. The van der Waals surface area contributed by atoms with Gasteiger partial charge < -0.3 is 4.74 Å². The third-order valence-electron chi connectivity index (χ3n) is 1.67. The summed E-state index contributed by atoms with van der Waals surface area (Å²) >= 11 is 2.63. The van der Waals surface area contributed by atoms with Crippen molar-refractivity contribution in [1.82, 2.24) is 4.98 Å². The minimum Gasteiger partial charge on any atom is -0.461 e. The van der Waals surface area contributed by atoms with Crippen molar-refractivity contribution in [1.29, 1.82) is 0 Å². The van der Waals surface area contributed by atoms with E-state index in [0.717, 1.165) is 6.07 Å². The molecule has 0 fully saturated rings. The van der Waals surface area contributed by atoms with Crippen LogP contribution < -0.4 is 0 Å². The molecule has 0 aliphatic carbocycles. The van der Waals surface area contributed by atoms with Crippen LogP contribution in [0.2, 0.25) is 0 Å². The summed E-state index contributed by atoms with van der Waals surface area (Å²) in [5.41, 5.74) is -1.10. The second-order valence-electron chi connectivity index (χ2n) is 2.72. The van der Waals surface area contributed by atoms with Crippen LogP contribution in [0.15, 0.2) is 10.5 Å². The zero-order valence-corrected chi connectivity index (χ0v) is 9.72. The molecular formula is C9H7BrF3NO2. The van der Waals surface area contributed by atoms with Crippen molar-refractivity contribution in [2.24, 2.45) is 0 Å². The van der Waals surface area contributed by atoms with Crippen LogP contribution in [0, 0.1) is 5.95 Å². The predicted molar refractivity (Wildman–Crippen MR) is 52.8 cm³/mol. The van der Waals surface area contributed by atoms with Gasteiger partial charge in [-0.2, -0.15) is 4.39 Å². The largest absolute Gasteiger partial charge is 0.461 e. The minimum absolute atomic E-state index is 0.0577. The number of nitrogens with zero attached hydrogens (tertiary/aromatic N) is 1. The Hall–Kier alpha value is -1.11. The number of rotatable bonds is 3. The quantitative estimate of drug-likeness (QED) is 0.636. The van der Waals surface area contributed by atoms with Crippen LogP contribution in [0.4, 0.5) is 13.2 Å². The highest BCUT2D eigenvalue weighted by Gasteiger charge is 2.21. The Morgan fingerprint density at radius 2 is 2.25 bits per heavy atom. The van der Waals surface area contributed by atoms with E-state index in [-0.39, 0.29) is 6.61 Å². The monoisotopic (exact) mass is 297 g/mol. The number of aromatic nitrogens is 1. The van der Waals surface area contributed by atoms with Crippen LogP contribution in [0.5, 0.6) is 0 Å². The molecule has 0 saturated heterocycles. The van der Waals surface area contributed by atoms with E-state index in [9.17, 15) is 18.0 Å². The number of alkyl halides is 2. The Morgan fingerprint density at radius 1 is 1.62 bits per heavy atom. The van der Waals surface area contributed by atoms with Crippen molar-refractivity contribution in [3.05, 3.63) is 27.7 Å². The molecule has 0 aliphatic rings. The Morgan fingerprint density at radius 3 is 2.75 bits per heavy atom. The first kappa shape index (κ1) is 13.0. The van der Waals surface area contributed by atoms with E-state index < -0.39 is 34.1 Å². The van der Waals surface area contributed by atoms with Crippen LogP contribution in [-0.4, -0.2) is 17.6 Å². The fourth-order valence-corrected chi connectivity index (χ4v) is 1.36. The molecule has 1 aromatic rings. The van der Waals surface area contributed by atoms with Gasteiger partial charge in [-0.3, -0.25) is 0 Å². The first-order chi connectivity index (χ1) is 7.47. The Balaban J connectivity index is 3.18. The summed E-state index contributed by atoms with van der Waals surface area (Å²) in [6.07, 6.45) is -2.90. The average molecular weight is 298 g/mol. The molecule has 1 rings (SSSR count). The van der Waals surface area contributed by atoms with Crippen LogP contribution in [0.1, 0.15) is 29.4 Å². The van der Waals surface area contributed by atoms with Gasteiger partial charge in [-0.25, -0.2) is 18.6 Å². The number of ether oxygens (including phenoxy) is 1. The number of carbonyl (C=O) groups is 1. The normalized spacial score (nSPS) is 10.6. The number of hydrogen-bond donors (Lipinski definition) is 0. The second-order valence-corrected chi connectivity index (χ2v) is 3.52. The van der Waals surface area contributed by atoms with Crippen molar-refractivity contribution in [3.63, 3.8) is 0 Å². The van der Waals surface area contributed by atoms with Crippen molar-refractivity contribution < 1.29 is 22.7 Å². The summed E-state index contributed by atoms with van der Waals surface area (Å²) in [5, 5.41) is 0. The second kappa shape index (κ2) is 5.29. The average Bonchev–Trinajstić information content (AvgIpc) is 2.21. The third kappa shape index (κ3) is 2.72. The molecule has 7 heteroatoms. The van der Waals surface area contributed by atoms with E-state index in [1.165, 1.54) is 0 Å². The van der Waals surface area contributed by atoms with Crippen LogP contribution in [0.3, 0.4) is 0 Å². The van der Waals surface area contributed by atoms with Crippen molar-refractivity contribution >= 4 is 21.9 Å². The van der Waals surface area contributed by atoms with Crippen molar-refractivity contribution in [3.8, 4) is 0 Å². The van der Waals surface area contributed by atoms with Gasteiger partial charge in [0, 0.05) is 5.56 Å². The maximum atomic E-state index is 13.1. The van der Waals surface area contributed by atoms with Gasteiger partial charge in [-0.1, -0.05) is 0 Å². The summed E-state index contributed by atoms with van der Waals surface area (Å²) in [6.45, 7) is 1.60. The molecule has 16 heavy (non-hydrogen) atoms. The van der Waals surface area contributed by atoms with Gasteiger partial charge >= 0.3 is 5.97 Å². The molecule has 0 atom stereocenters. The first-order valence-corrected chi connectivity index (χ1v) is 5.07. The molecular weight excluding hydrogens is 291 g/mol. The molecule has 0 aliphatic heterocycles. The smallest absolute Gasteiger partial charge is 0.357 e. The van der Waals surface area contributed by atoms with Gasteiger partial charge in [0.25, 0.3) is 6.43 Å². The van der Waals surface area contributed by atoms with Gasteiger partial charge in [0.15, 0.2) is 5.69 Å². The summed E-state index contributed by atoms with van der Waals surface area (Å²) in [6, 6.07) is 0.801. The number of hydrogen-bond acceptors (Lipinski definition) is 3. The van der Waals surface area contributed by atoms with Crippen LogP contribution in [-0.2, 0) is 4.74 Å². The number of halogens is 4. The third-order valence-corrected chi connectivity index (χ3v) is 2.45. The van der Waals surface area contributed by atoms with Gasteiger partial charge in [0.05, 0.1) is 11.1 Å². The van der Waals surface area contributed by atoms with Gasteiger partial charge in [-0.15, -0.1) is 0 Å². The van der Waals surface area contributed by atoms with Crippen LogP contribution >= 0.6 is 15.9 Å². The van der Waals surface area contributed by atoms with E-state index >= 15 is 0 Å². The van der Waals surface area contributed by atoms with Gasteiger partial charge in [-0.05, 0) is 28.9 Å². The predicted octanol–water partition coefficient (Wildman–Crippen LogP) is 3.10. The number of carbonyl (C=O) groups excluding carboxylic acids is 1. The fraction of sp³-hybridized carbons (Fsp3) is 0.333. The Labute approximate surface area is 97.8 Å². The zero-order chi connectivity index (χ0) is 12.3. The maximum absolute atomic E-state index is 13.1. The number of pyridine rings is 1. The van der Waals surface area contributed by atoms with E-state index in [1.54, 1.807) is 6.92 Å². The summed E-state index contributed by atoms with van der Waals surface area (Å²) in [5.74, 6) is -2.10. The molecule has 0 amide bonds. The molecule has 88 valence electrons. The lowest BCUT2D eigenvalue weighted by atomic mass is 10.2. The lowest BCUT2D eigenvalue weighted by Crippen LogP contribution is -2.10. The van der Waals surface area contributed by atoms with E-state index in [2.05, 4.69) is 25.7 Å². The van der Waals surface area contributed by atoms with E-state index in [1.807, 2.05) is 0 Å². The Bertz CT molecular complexity index is 412. The highest BCUT2D eigenvalue weighted by molar-refractivity contribution is 9.10. The van der Waals surface area contributed by atoms with Crippen molar-refractivity contribution in [2.75, 3.05) is 6.61 Å². The topological polar surface area (TPSA) is 39.2 Å². The molecule has 3 nitrogen and oxygen atoms in total. The molecule has 0 saturated carbocycles. The SMILES string of the molecule is CCOC(=O)c1cc(C(F)F)c(Br)c(F)n1. The van der Waals surface area contributed by atoms with E-state index in [4.69, 9.17) is 0 Å². The summed E-state index contributed by atoms with van der Waals surface area (Å²) in [7, 11) is 0. The lowest BCUT2D eigenvalue weighted by molar-refractivity contribution is 0.0517. The molecule has 0 spiro atoms. The highest BCUT2D eigenvalue weighted by Crippen LogP contribution is 2.29. The molecule has 0 aromatic carbocycles. The number of esters is 1. The first-order valence-electron chi connectivity index (χ1n) is 4.28. The molecule has 0 bridgehead atoms.